The molecule has 8 rings (SSSR count). The summed E-state index contributed by atoms with van der Waals surface area (Å²) in [5, 5.41) is 10.5. The third kappa shape index (κ3) is 3.45. The minimum absolute atomic E-state index is 0.987. The molecule has 0 saturated heterocycles. The van der Waals surface area contributed by atoms with Crippen molar-refractivity contribution in [3.63, 3.8) is 0 Å². The van der Waals surface area contributed by atoms with Gasteiger partial charge in [-0.05, 0) is 107 Å². The van der Waals surface area contributed by atoms with Gasteiger partial charge < -0.3 is 0 Å². The third-order valence-electron chi connectivity index (χ3n) is 8.36. The van der Waals surface area contributed by atoms with Gasteiger partial charge in [0.25, 0.3) is 0 Å². The van der Waals surface area contributed by atoms with Crippen LogP contribution in [-0.2, 0) is 12.8 Å². The van der Waals surface area contributed by atoms with Crippen molar-refractivity contribution < 1.29 is 0 Å². The quantitative estimate of drug-likeness (QED) is 0.219. The molecule has 0 heteroatoms. The molecule has 0 amide bonds. The lowest BCUT2D eigenvalue weighted by Gasteiger charge is -2.18. The lowest BCUT2D eigenvalue weighted by molar-refractivity contribution is 1.11. The lowest BCUT2D eigenvalue weighted by atomic mass is 9.86. The summed E-state index contributed by atoms with van der Waals surface area (Å²) in [6.45, 7) is 0. The first-order chi connectivity index (χ1) is 18.8. The second kappa shape index (κ2) is 8.43. The van der Waals surface area contributed by atoms with Gasteiger partial charge in [0.05, 0.1) is 0 Å². The first-order valence-corrected chi connectivity index (χ1v) is 13.4. The number of hydrogen-bond donors (Lipinski definition) is 0. The molecule has 0 atom stereocenters. The van der Waals surface area contributed by atoms with Crippen LogP contribution in [0.5, 0.6) is 0 Å². The van der Waals surface area contributed by atoms with Gasteiger partial charge >= 0.3 is 0 Å². The summed E-state index contributed by atoms with van der Waals surface area (Å²) in [4.78, 5) is 0. The van der Waals surface area contributed by atoms with E-state index in [1.165, 1.54) is 76.1 Å². The number of rotatable bonds is 2. The van der Waals surface area contributed by atoms with Crippen LogP contribution in [0.4, 0.5) is 0 Å². The van der Waals surface area contributed by atoms with E-state index in [0.717, 1.165) is 12.8 Å². The molecule has 0 nitrogen and oxygen atoms in total. The van der Waals surface area contributed by atoms with Crippen LogP contribution in [0.2, 0.25) is 0 Å². The van der Waals surface area contributed by atoms with E-state index in [1.54, 1.807) is 0 Å². The standard InChI is InChI=1S/C38H26/c1-3-7-35-26(5-1)14-18-33-21-31(19-20-37(33)35)29-15-9-25-10-16-30(23-34(25)22-29)32-17-13-28-12-11-27-6-2-4-8-36(27)38(28)24-32/h1-7,9-23H,8,24H2. The van der Waals surface area contributed by atoms with Crippen LogP contribution in [-0.4, -0.2) is 0 Å². The summed E-state index contributed by atoms with van der Waals surface area (Å²) < 4.78 is 0. The van der Waals surface area contributed by atoms with Crippen molar-refractivity contribution in [3.8, 4) is 11.1 Å². The number of fused-ring (bicyclic) bond motifs is 7. The summed E-state index contributed by atoms with van der Waals surface area (Å²) in [6, 6.07) is 38.3. The van der Waals surface area contributed by atoms with Crippen molar-refractivity contribution in [1.29, 1.82) is 0 Å². The molecule has 178 valence electrons. The van der Waals surface area contributed by atoms with Crippen LogP contribution < -0.4 is 10.4 Å². The molecule has 6 aromatic rings. The van der Waals surface area contributed by atoms with E-state index < -0.39 is 0 Å². The van der Waals surface area contributed by atoms with Crippen molar-refractivity contribution >= 4 is 50.0 Å². The Kier molecular flexibility index (Phi) is 4.75. The van der Waals surface area contributed by atoms with Crippen LogP contribution in [0.1, 0.15) is 16.7 Å². The van der Waals surface area contributed by atoms with E-state index in [4.69, 9.17) is 0 Å². The molecule has 0 radical (unpaired) electrons. The normalized spacial score (nSPS) is 14.1. The van der Waals surface area contributed by atoms with Crippen molar-refractivity contribution in [2.24, 2.45) is 0 Å². The van der Waals surface area contributed by atoms with E-state index in [0.29, 0.717) is 0 Å². The monoisotopic (exact) mass is 482 g/mol. The van der Waals surface area contributed by atoms with E-state index in [2.05, 4.69) is 134 Å². The van der Waals surface area contributed by atoms with E-state index in [1.807, 2.05) is 0 Å². The fourth-order valence-electron chi connectivity index (χ4n) is 6.31. The molecule has 6 aromatic carbocycles. The van der Waals surface area contributed by atoms with Crippen LogP contribution in [0.3, 0.4) is 0 Å². The average Bonchev–Trinajstić information content (AvgIpc) is 3.00. The molecule has 0 aromatic heterocycles. The van der Waals surface area contributed by atoms with Crippen LogP contribution in [0.15, 0.2) is 121 Å². The third-order valence-corrected chi connectivity index (χ3v) is 8.36. The number of benzene rings is 6. The largest absolute Gasteiger partial charge is 0.0801 e. The van der Waals surface area contributed by atoms with Gasteiger partial charge in [0.2, 0.25) is 0 Å². The zero-order valence-electron chi connectivity index (χ0n) is 21.1. The Hall–Kier alpha value is -4.68. The molecular weight excluding hydrogens is 456 g/mol. The van der Waals surface area contributed by atoms with Gasteiger partial charge in [-0.15, -0.1) is 0 Å². The van der Waals surface area contributed by atoms with E-state index >= 15 is 0 Å². The van der Waals surface area contributed by atoms with Gasteiger partial charge in [-0.1, -0.05) is 115 Å². The molecule has 0 bridgehead atoms. The minimum Gasteiger partial charge on any atom is -0.0801 e. The maximum atomic E-state index is 2.37. The van der Waals surface area contributed by atoms with Crippen molar-refractivity contribution in [1.82, 2.24) is 0 Å². The average molecular weight is 483 g/mol. The maximum Gasteiger partial charge on any atom is -0.00108 e. The molecule has 0 spiro atoms. The highest BCUT2D eigenvalue weighted by Crippen LogP contribution is 2.32. The van der Waals surface area contributed by atoms with Crippen molar-refractivity contribution in [3.05, 3.63) is 148 Å². The fraction of sp³-hybridized carbons (Fsp3) is 0.0526. The zero-order valence-corrected chi connectivity index (χ0v) is 21.1. The molecule has 2 aliphatic carbocycles. The zero-order chi connectivity index (χ0) is 25.1. The summed E-state index contributed by atoms with van der Waals surface area (Å²) in [6.07, 6.45) is 13.3. The lowest BCUT2D eigenvalue weighted by Crippen LogP contribution is -2.24. The predicted octanol–water partition coefficient (Wildman–Crippen LogP) is 8.13. The van der Waals surface area contributed by atoms with Crippen LogP contribution >= 0.6 is 0 Å². The van der Waals surface area contributed by atoms with Gasteiger partial charge in [0, 0.05) is 0 Å². The first-order valence-electron chi connectivity index (χ1n) is 13.4. The van der Waals surface area contributed by atoms with Crippen LogP contribution in [0, 0.1) is 0 Å². The highest BCUT2D eigenvalue weighted by Gasteiger charge is 2.14. The first kappa shape index (κ1) is 21.4. The predicted molar refractivity (Wildman–Crippen MR) is 164 cm³/mol. The summed E-state index contributed by atoms with van der Waals surface area (Å²) in [5.41, 5.74) is 8.20. The Morgan fingerprint density at radius 2 is 1.13 bits per heavy atom. The Morgan fingerprint density at radius 1 is 0.447 bits per heavy atom. The highest BCUT2D eigenvalue weighted by atomic mass is 14.2. The SMILES string of the molecule is C1=CCc2c3c(ccc2=C1)=CC=C(c1ccc2ccc(-c4ccc5c(ccc6ccccc65)c4)cc2c1)C3. The molecule has 0 saturated carbocycles. The van der Waals surface area contributed by atoms with Gasteiger partial charge in [-0.3, -0.25) is 0 Å². The summed E-state index contributed by atoms with van der Waals surface area (Å²) in [5.74, 6) is 0. The maximum absolute atomic E-state index is 2.37. The molecular formula is C38H26. The van der Waals surface area contributed by atoms with Crippen molar-refractivity contribution in [2.45, 2.75) is 12.8 Å². The number of allylic oxidation sites excluding steroid dienone is 4. The number of hydrogen-bond acceptors (Lipinski definition) is 0. The van der Waals surface area contributed by atoms with Crippen molar-refractivity contribution in [2.75, 3.05) is 0 Å². The molecule has 0 aliphatic heterocycles. The Bertz CT molecular complexity index is 2120. The summed E-state index contributed by atoms with van der Waals surface area (Å²) >= 11 is 0. The van der Waals surface area contributed by atoms with Crippen LogP contribution in [0.25, 0.3) is 61.2 Å². The minimum atomic E-state index is 0.987. The second-order valence-corrected chi connectivity index (χ2v) is 10.5. The molecule has 2 aliphatic rings. The molecule has 38 heavy (non-hydrogen) atoms. The summed E-state index contributed by atoms with van der Waals surface area (Å²) in [7, 11) is 0. The smallest absolute Gasteiger partial charge is 0.00108 e. The Balaban J connectivity index is 1.19. The van der Waals surface area contributed by atoms with Gasteiger partial charge in [0.15, 0.2) is 0 Å². The molecule has 0 N–H and O–H groups in total. The van der Waals surface area contributed by atoms with Gasteiger partial charge in [-0.2, -0.15) is 0 Å². The molecule has 0 unspecified atom stereocenters. The van der Waals surface area contributed by atoms with Gasteiger partial charge in [0.1, 0.15) is 0 Å². The van der Waals surface area contributed by atoms with E-state index in [9.17, 15) is 0 Å². The van der Waals surface area contributed by atoms with Gasteiger partial charge in [-0.25, -0.2) is 0 Å². The van der Waals surface area contributed by atoms with E-state index in [-0.39, 0.29) is 0 Å². The second-order valence-electron chi connectivity index (χ2n) is 10.5. The Morgan fingerprint density at radius 3 is 2.05 bits per heavy atom. The highest BCUT2D eigenvalue weighted by molar-refractivity contribution is 6.08. The molecule has 0 fully saturated rings. The fourth-order valence-corrected chi connectivity index (χ4v) is 6.31. The topological polar surface area (TPSA) is 0 Å². The Labute approximate surface area is 222 Å². The molecule has 0 heterocycles.